The van der Waals surface area contributed by atoms with Crippen LogP contribution in [0.15, 0.2) is 30.0 Å². The molecular formula is C21H29N3O. The number of rotatable bonds is 8. The smallest absolute Gasteiger partial charge is 0.263 e. The molecule has 2 N–H and O–H groups in total. The van der Waals surface area contributed by atoms with Gasteiger partial charge >= 0.3 is 0 Å². The van der Waals surface area contributed by atoms with Crippen molar-refractivity contribution in [3.05, 3.63) is 46.7 Å². The highest BCUT2D eigenvalue weighted by molar-refractivity contribution is 5.97. The summed E-state index contributed by atoms with van der Waals surface area (Å²) in [5, 5.41) is 15.3. The monoisotopic (exact) mass is 339 g/mol. The van der Waals surface area contributed by atoms with Crippen LogP contribution in [0.4, 0.5) is 0 Å². The van der Waals surface area contributed by atoms with Gasteiger partial charge in [-0.25, -0.2) is 0 Å². The van der Waals surface area contributed by atoms with Crippen LogP contribution in [0.3, 0.4) is 0 Å². The Labute approximate surface area is 151 Å². The van der Waals surface area contributed by atoms with Gasteiger partial charge in [-0.3, -0.25) is 4.79 Å². The SMILES string of the molecule is CCCCN/C=C(/C#N)C(=O)NC(CC)c1ccc2c(c1)CCCC2. The molecule has 0 spiro atoms. The van der Waals surface area contributed by atoms with Crippen molar-refractivity contribution in [2.45, 2.75) is 64.8 Å². The van der Waals surface area contributed by atoms with Crippen molar-refractivity contribution in [2.24, 2.45) is 0 Å². The molecule has 0 radical (unpaired) electrons. The van der Waals surface area contributed by atoms with E-state index in [4.69, 9.17) is 0 Å². The van der Waals surface area contributed by atoms with Crippen molar-refractivity contribution in [1.82, 2.24) is 10.6 Å². The molecule has 0 bridgehead atoms. The lowest BCUT2D eigenvalue weighted by molar-refractivity contribution is -0.117. The van der Waals surface area contributed by atoms with Gasteiger partial charge in [0, 0.05) is 12.7 Å². The second-order valence-corrected chi connectivity index (χ2v) is 6.65. The van der Waals surface area contributed by atoms with E-state index in [0.29, 0.717) is 0 Å². The maximum absolute atomic E-state index is 12.4. The van der Waals surface area contributed by atoms with Crippen LogP contribution in [-0.2, 0) is 17.6 Å². The normalized spacial score (nSPS) is 15.0. The molecule has 1 aliphatic carbocycles. The third-order valence-electron chi connectivity index (χ3n) is 4.77. The van der Waals surface area contributed by atoms with Gasteiger partial charge in [0.15, 0.2) is 0 Å². The highest BCUT2D eigenvalue weighted by Gasteiger charge is 2.18. The lowest BCUT2D eigenvalue weighted by atomic mass is 9.88. The van der Waals surface area contributed by atoms with Crippen molar-refractivity contribution in [3.8, 4) is 6.07 Å². The van der Waals surface area contributed by atoms with E-state index in [1.54, 1.807) is 0 Å². The van der Waals surface area contributed by atoms with Gasteiger partial charge in [-0.1, -0.05) is 38.5 Å². The van der Waals surface area contributed by atoms with Gasteiger partial charge in [-0.15, -0.1) is 0 Å². The summed E-state index contributed by atoms with van der Waals surface area (Å²) < 4.78 is 0. The summed E-state index contributed by atoms with van der Waals surface area (Å²) in [5.74, 6) is -0.309. The predicted molar refractivity (Wildman–Crippen MR) is 101 cm³/mol. The molecule has 0 heterocycles. The second kappa shape index (κ2) is 9.88. The van der Waals surface area contributed by atoms with Crippen LogP contribution >= 0.6 is 0 Å². The van der Waals surface area contributed by atoms with Crippen molar-refractivity contribution >= 4 is 5.91 Å². The molecule has 1 atom stereocenters. The largest absolute Gasteiger partial charge is 0.390 e. The fourth-order valence-electron chi connectivity index (χ4n) is 3.23. The molecule has 1 aliphatic rings. The van der Waals surface area contributed by atoms with Crippen LogP contribution in [0.1, 0.15) is 68.7 Å². The number of nitrogens with zero attached hydrogens (tertiary/aromatic N) is 1. The predicted octanol–water partition coefficient (Wildman–Crippen LogP) is 3.93. The summed E-state index contributed by atoms with van der Waals surface area (Å²) >= 11 is 0. The summed E-state index contributed by atoms with van der Waals surface area (Å²) in [6, 6.07) is 8.49. The minimum Gasteiger partial charge on any atom is -0.390 e. The molecule has 0 aromatic heterocycles. The molecule has 0 aliphatic heterocycles. The molecule has 4 nitrogen and oxygen atoms in total. The molecular weight excluding hydrogens is 310 g/mol. The van der Waals surface area contributed by atoms with Crippen LogP contribution in [0, 0.1) is 11.3 Å². The summed E-state index contributed by atoms with van der Waals surface area (Å²) in [5.41, 5.74) is 4.11. The van der Waals surface area contributed by atoms with Crippen LogP contribution in [0.2, 0.25) is 0 Å². The molecule has 1 aromatic carbocycles. The van der Waals surface area contributed by atoms with Crippen LogP contribution < -0.4 is 10.6 Å². The highest BCUT2D eigenvalue weighted by atomic mass is 16.1. The van der Waals surface area contributed by atoms with E-state index >= 15 is 0 Å². The molecule has 1 aromatic rings. The molecule has 0 saturated carbocycles. The third kappa shape index (κ3) is 5.35. The van der Waals surface area contributed by atoms with Gasteiger partial charge in [0.2, 0.25) is 0 Å². The Kier molecular flexibility index (Phi) is 7.53. The lowest BCUT2D eigenvalue weighted by Crippen LogP contribution is -2.30. The maximum atomic E-state index is 12.4. The topological polar surface area (TPSA) is 64.9 Å². The summed E-state index contributed by atoms with van der Waals surface area (Å²) in [4.78, 5) is 12.4. The Morgan fingerprint density at radius 1 is 1.28 bits per heavy atom. The lowest BCUT2D eigenvalue weighted by Gasteiger charge is -2.21. The van der Waals surface area contributed by atoms with Crippen LogP contribution in [-0.4, -0.2) is 12.5 Å². The van der Waals surface area contributed by atoms with E-state index in [9.17, 15) is 10.1 Å². The van der Waals surface area contributed by atoms with Gasteiger partial charge in [-0.2, -0.15) is 5.26 Å². The average molecular weight is 339 g/mol. The number of aryl methyl sites for hydroxylation is 2. The van der Waals surface area contributed by atoms with E-state index in [1.165, 1.54) is 30.2 Å². The highest BCUT2D eigenvalue weighted by Crippen LogP contribution is 2.26. The zero-order valence-electron chi connectivity index (χ0n) is 15.4. The molecule has 2 rings (SSSR count). The van der Waals surface area contributed by atoms with Gasteiger partial charge in [0.1, 0.15) is 11.6 Å². The molecule has 0 saturated heterocycles. The number of nitrogens with one attached hydrogen (secondary N) is 2. The molecule has 4 heteroatoms. The minimum atomic E-state index is -0.309. The molecule has 25 heavy (non-hydrogen) atoms. The van der Waals surface area contributed by atoms with E-state index in [-0.39, 0.29) is 17.5 Å². The van der Waals surface area contributed by atoms with E-state index < -0.39 is 0 Å². The zero-order valence-corrected chi connectivity index (χ0v) is 15.4. The van der Waals surface area contributed by atoms with E-state index in [0.717, 1.165) is 44.2 Å². The van der Waals surface area contributed by atoms with E-state index in [2.05, 4.69) is 42.7 Å². The van der Waals surface area contributed by atoms with Gasteiger partial charge in [0.25, 0.3) is 5.91 Å². The Hall–Kier alpha value is -2.28. The summed E-state index contributed by atoms with van der Waals surface area (Å²) in [6.45, 7) is 4.93. The van der Waals surface area contributed by atoms with Gasteiger partial charge < -0.3 is 10.6 Å². The fourth-order valence-corrected chi connectivity index (χ4v) is 3.23. The Balaban J connectivity index is 2.05. The number of nitriles is 1. The quantitative estimate of drug-likeness (QED) is 0.428. The molecule has 0 fully saturated rings. The van der Waals surface area contributed by atoms with Crippen molar-refractivity contribution in [2.75, 3.05) is 6.54 Å². The first-order valence-corrected chi connectivity index (χ1v) is 9.45. The Morgan fingerprint density at radius 2 is 2.04 bits per heavy atom. The van der Waals surface area contributed by atoms with Crippen LogP contribution in [0.5, 0.6) is 0 Å². The standard InChI is InChI=1S/C21H29N3O/c1-3-5-12-23-15-19(14-22)21(25)24-20(4-2)18-11-10-16-8-6-7-9-17(16)13-18/h10-11,13,15,20,23H,3-9,12H2,1-2H3,(H,24,25)/b19-15-. The van der Waals surface area contributed by atoms with Gasteiger partial charge in [-0.05, 0) is 55.2 Å². The minimum absolute atomic E-state index is 0.0629. The number of carbonyl (C=O) groups excluding carboxylic acids is 1. The number of carbonyl (C=O) groups is 1. The first-order valence-electron chi connectivity index (χ1n) is 9.45. The Bertz CT molecular complexity index is 658. The van der Waals surface area contributed by atoms with Crippen molar-refractivity contribution in [3.63, 3.8) is 0 Å². The number of hydrogen-bond donors (Lipinski definition) is 2. The number of fused-ring (bicyclic) bond motifs is 1. The van der Waals surface area contributed by atoms with Gasteiger partial charge in [0.05, 0.1) is 6.04 Å². The van der Waals surface area contributed by atoms with Crippen molar-refractivity contribution in [1.29, 1.82) is 5.26 Å². The number of unbranched alkanes of at least 4 members (excludes halogenated alkanes) is 1. The first-order chi connectivity index (χ1) is 12.2. The number of hydrogen-bond acceptors (Lipinski definition) is 3. The molecule has 1 unspecified atom stereocenters. The number of benzene rings is 1. The summed E-state index contributed by atoms with van der Waals surface area (Å²) in [6.07, 6.45) is 9.21. The average Bonchev–Trinajstić information content (AvgIpc) is 2.65. The number of amides is 1. The third-order valence-corrected chi connectivity index (χ3v) is 4.77. The second-order valence-electron chi connectivity index (χ2n) is 6.65. The van der Waals surface area contributed by atoms with Crippen LogP contribution in [0.25, 0.3) is 0 Å². The summed E-state index contributed by atoms with van der Waals surface area (Å²) in [7, 11) is 0. The first kappa shape index (κ1) is 19.1. The van der Waals surface area contributed by atoms with E-state index in [1.807, 2.05) is 6.07 Å². The fraction of sp³-hybridized carbons (Fsp3) is 0.524. The maximum Gasteiger partial charge on any atom is 0.263 e. The molecule has 1 amide bonds. The molecule has 134 valence electrons. The van der Waals surface area contributed by atoms with Crippen molar-refractivity contribution < 1.29 is 4.79 Å². The Morgan fingerprint density at radius 3 is 2.72 bits per heavy atom. The zero-order chi connectivity index (χ0) is 18.1.